The fourth-order valence-electron chi connectivity index (χ4n) is 10.5. The van der Waals surface area contributed by atoms with E-state index in [2.05, 4.69) is 16.0 Å². The largest absolute Gasteiger partial charge is 0.497 e. The predicted octanol–water partition coefficient (Wildman–Crippen LogP) is 2.32. The smallest absolute Gasteiger partial charge is 0.329 e. The van der Waals surface area contributed by atoms with Crippen LogP contribution in [0.1, 0.15) is 133 Å². The monoisotopic (exact) mass is 1110 g/mol. The number of hydrogen-bond donors (Lipinski definition) is 5. The van der Waals surface area contributed by atoms with Crippen LogP contribution in [0, 0.1) is 29.6 Å². The number of nitrogens with zero attached hydrogens (tertiary/aromatic N) is 4. The number of carbonyl (C=O) groups excluding carboxylic acids is 10. The number of amides is 7. The van der Waals surface area contributed by atoms with Gasteiger partial charge in [0, 0.05) is 33.6 Å². The Morgan fingerprint density at radius 1 is 0.861 bits per heavy atom. The lowest BCUT2D eigenvalue weighted by atomic mass is 9.91. The molecule has 0 saturated carbocycles. The SMILES string of the molecule is CC[C@H](C)[C@H]1NC(=O)[C@@H](NC(=O)[C@@H](CC(C)C)N(C)C(=O)[C@@H]2CCCN2C(=O)C(C)O)[C@@H](C)OC(=O)[C@H](Cc2ccc(OC)cc2)N(C)C(=O)[C@@H]2CCCN2C(=O)[C@H](CC(C)C)NC(=O)[C@@H](C)C(=O)[C@H](C(C)C)OC(=O)C[C@@H]1O. The zero-order chi connectivity index (χ0) is 59.3. The molecule has 0 bridgehead atoms. The Morgan fingerprint density at radius 2 is 1.49 bits per heavy atom. The molecule has 0 spiro atoms. The van der Waals surface area contributed by atoms with Crippen molar-refractivity contribution in [2.24, 2.45) is 29.6 Å². The molecule has 22 nitrogen and oxygen atoms in total. The van der Waals surface area contributed by atoms with Crippen LogP contribution < -0.4 is 20.7 Å². The van der Waals surface area contributed by atoms with Crippen molar-refractivity contribution in [3.8, 4) is 5.75 Å². The number of nitrogens with one attached hydrogen (secondary N) is 3. The molecule has 1 unspecified atom stereocenters. The molecule has 13 atom stereocenters. The number of methoxy groups -OCH3 is 1. The summed E-state index contributed by atoms with van der Waals surface area (Å²) in [4.78, 5) is 149. The van der Waals surface area contributed by atoms with E-state index in [4.69, 9.17) is 14.2 Å². The number of likely N-dealkylation sites (tertiary alicyclic amines) is 1. The molecule has 442 valence electrons. The normalized spacial score (nSPS) is 27.7. The fraction of sp³-hybridized carbons (Fsp3) is 0.719. The van der Waals surface area contributed by atoms with Crippen molar-refractivity contribution in [1.29, 1.82) is 0 Å². The van der Waals surface area contributed by atoms with Gasteiger partial charge in [-0.25, -0.2) is 4.79 Å². The Kier molecular flexibility index (Phi) is 24.3. The number of rotatable bonds is 15. The molecule has 1 aromatic carbocycles. The van der Waals surface area contributed by atoms with Crippen LogP contribution in [0.25, 0.3) is 0 Å². The molecule has 3 aliphatic rings. The molecular weight excluding hydrogens is 1020 g/mol. The lowest BCUT2D eigenvalue weighted by molar-refractivity contribution is -0.163. The molecule has 0 aliphatic carbocycles. The highest BCUT2D eigenvalue weighted by atomic mass is 16.6. The Hall–Kier alpha value is -6.16. The second-order valence-corrected chi connectivity index (χ2v) is 23.0. The molecular formula is C57H89N7O15. The summed E-state index contributed by atoms with van der Waals surface area (Å²) in [5.41, 5.74) is 0.571. The lowest BCUT2D eigenvalue weighted by Crippen LogP contribution is -2.62. The number of benzene rings is 1. The predicted molar refractivity (Wildman–Crippen MR) is 290 cm³/mol. The minimum atomic E-state index is -1.76. The maximum Gasteiger partial charge on any atom is 0.329 e. The topological polar surface area (TPSA) is 288 Å². The van der Waals surface area contributed by atoms with Gasteiger partial charge in [0.1, 0.15) is 54.2 Å². The van der Waals surface area contributed by atoms with Gasteiger partial charge in [-0.05, 0) is 101 Å². The van der Waals surface area contributed by atoms with Gasteiger partial charge in [-0.15, -0.1) is 0 Å². The molecule has 1 aromatic rings. The number of aliphatic hydroxyl groups excluding tert-OH is 2. The van der Waals surface area contributed by atoms with Crippen molar-refractivity contribution in [3.63, 3.8) is 0 Å². The number of hydrogen-bond acceptors (Lipinski definition) is 15. The fourth-order valence-corrected chi connectivity index (χ4v) is 10.5. The van der Waals surface area contributed by atoms with Crippen molar-refractivity contribution >= 4 is 59.1 Å². The summed E-state index contributed by atoms with van der Waals surface area (Å²) in [6.07, 6.45) is -4.99. The number of esters is 2. The van der Waals surface area contributed by atoms with E-state index in [1.165, 1.54) is 61.6 Å². The first-order chi connectivity index (χ1) is 37.0. The van der Waals surface area contributed by atoms with Crippen LogP contribution >= 0.6 is 0 Å². The van der Waals surface area contributed by atoms with Crippen LogP contribution in [0.15, 0.2) is 24.3 Å². The number of carbonyl (C=O) groups is 10. The van der Waals surface area contributed by atoms with E-state index >= 15 is 4.79 Å². The van der Waals surface area contributed by atoms with Gasteiger partial charge in [0.15, 0.2) is 11.9 Å². The number of ether oxygens (including phenoxy) is 3. The highest BCUT2D eigenvalue weighted by Gasteiger charge is 2.46. The van der Waals surface area contributed by atoms with E-state index in [1.807, 2.05) is 27.7 Å². The Morgan fingerprint density at radius 3 is 2.06 bits per heavy atom. The van der Waals surface area contributed by atoms with Crippen molar-refractivity contribution in [3.05, 3.63) is 29.8 Å². The first kappa shape index (κ1) is 65.4. The second kappa shape index (κ2) is 29.3. The summed E-state index contributed by atoms with van der Waals surface area (Å²) in [5.74, 6) is -10.3. The standard InChI is InChI=1S/C57H89N7O15/c1-15-33(8)46-44(66)29-45(67)79-49(32(6)7)48(68)34(9)50(69)58-39(26-30(2)3)54(73)64-25-17-19-41(64)56(75)62(13)43(28-37-20-22-38(77-14)23-21-37)57(76)78-36(11)47(52(71)59-46)60-51(70)42(27-31(4)5)61(12)55(74)40-18-16-24-63(40)53(72)35(10)65/h20-23,30-36,39-44,46-47,49,65-66H,15-19,24-29H2,1-14H3,(H,58,69)(H,59,71)(H,60,70)/t33-,34-,35?,36+,39-,40-,41-,42+,43-,44-,46+,47-,49-/m0/s1. The summed E-state index contributed by atoms with van der Waals surface area (Å²) in [7, 11) is 4.29. The third-order valence-corrected chi connectivity index (χ3v) is 15.5. The van der Waals surface area contributed by atoms with Crippen molar-refractivity contribution in [1.82, 2.24) is 35.6 Å². The maximum absolute atomic E-state index is 15.0. The van der Waals surface area contributed by atoms with Crippen LogP contribution in [0.5, 0.6) is 5.75 Å². The van der Waals surface area contributed by atoms with Gasteiger partial charge >= 0.3 is 11.9 Å². The van der Waals surface area contributed by atoms with E-state index < -0.39 is 150 Å². The van der Waals surface area contributed by atoms with E-state index in [0.29, 0.717) is 30.6 Å². The lowest BCUT2D eigenvalue weighted by Gasteiger charge is -2.36. The number of fused-ring (bicyclic) bond motifs is 1. The first-order valence-corrected chi connectivity index (χ1v) is 28.0. The van der Waals surface area contributed by atoms with Gasteiger partial charge in [-0.3, -0.25) is 43.2 Å². The average molecular weight is 1110 g/mol. The van der Waals surface area contributed by atoms with Gasteiger partial charge in [0.25, 0.3) is 5.91 Å². The second-order valence-electron chi connectivity index (χ2n) is 23.0. The molecule has 5 N–H and O–H groups in total. The molecule has 0 aromatic heterocycles. The van der Waals surface area contributed by atoms with E-state index in [-0.39, 0.29) is 57.0 Å². The molecule has 3 aliphatic heterocycles. The van der Waals surface area contributed by atoms with Crippen LogP contribution in [-0.2, 0) is 63.8 Å². The molecule has 0 radical (unpaired) electrons. The third kappa shape index (κ3) is 16.9. The van der Waals surface area contributed by atoms with Gasteiger partial charge in [0.05, 0.1) is 31.6 Å². The van der Waals surface area contributed by atoms with Gasteiger partial charge in [-0.1, -0.05) is 73.9 Å². The third-order valence-electron chi connectivity index (χ3n) is 15.5. The Labute approximate surface area is 465 Å². The molecule has 79 heavy (non-hydrogen) atoms. The number of ketones is 1. The van der Waals surface area contributed by atoms with E-state index in [0.717, 1.165) is 0 Å². The summed E-state index contributed by atoms with van der Waals surface area (Å²) in [5, 5.41) is 30.2. The van der Waals surface area contributed by atoms with Gasteiger partial charge in [-0.2, -0.15) is 0 Å². The molecule has 22 heteroatoms. The van der Waals surface area contributed by atoms with E-state index in [9.17, 15) is 53.4 Å². The average Bonchev–Trinajstić information content (AvgIpc) is 4.13. The van der Waals surface area contributed by atoms with Crippen molar-refractivity contribution in [2.75, 3.05) is 34.3 Å². The molecule has 7 amide bonds. The zero-order valence-corrected chi connectivity index (χ0v) is 48.8. The highest BCUT2D eigenvalue weighted by Crippen LogP contribution is 2.27. The number of aliphatic hydroxyl groups is 2. The summed E-state index contributed by atoms with van der Waals surface area (Å²) in [6, 6.07) is -2.19. The number of likely N-dealkylation sites (N-methyl/N-ethyl adjacent to an activating group) is 2. The first-order valence-electron chi connectivity index (χ1n) is 28.0. The molecule has 3 saturated heterocycles. The quantitative estimate of drug-likeness (QED) is 0.124. The minimum Gasteiger partial charge on any atom is -0.497 e. The van der Waals surface area contributed by atoms with Gasteiger partial charge in [0.2, 0.25) is 35.4 Å². The van der Waals surface area contributed by atoms with Crippen LogP contribution in [0.4, 0.5) is 0 Å². The van der Waals surface area contributed by atoms with Crippen LogP contribution in [0.2, 0.25) is 0 Å². The molecule has 4 rings (SSSR count). The van der Waals surface area contributed by atoms with E-state index in [1.54, 1.807) is 52.0 Å². The molecule has 3 fully saturated rings. The van der Waals surface area contributed by atoms with Gasteiger partial charge < -0.3 is 60.0 Å². The number of Topliss-reactive ketones (excluding diaryl/α,β-unsaturated/α-hetero) is 1. The van der Waals surface area contributed by atoms with Crippen molar-refractivity contribution < 1.29 is 72.4 Å². The van der Waals surface area contributed by atoms with Crippen LogP contribution in [-0.4, -0.2) is 190 Å². The minimum absolute atomic E-state index is 0.0720. The maximum atomic E-state index is 15.0. The Balaban J connectivity index is 1.89. The number of cyclic esters (lactones) is 2. The Bertz CT molecular complexity index is 2330. The summed E-state index contributed by atoms with van der Waals surface area (Å²) >= 11 is 0. The summed E-state index contributed by atoms with van der Waals surface area (Å²) < 4.78 is 17.2. The van der Waals surface area contributed by atoms with Crippen molar-refractivity contribution in [2.45, 2.75) is 201 Å². The summed E-state index contributed by atoms with van der Waals surface area (Å²) in [6.45, 7) is 18.4. The van der Waals surface area contributed by atoms with Crippen LogP contribution in [0.3, 0.4) is 0 Å². The zero-order valence-electron chi connectivity index (χ0n) is 48.8. The molecule has 3 heterocycles. The highest BCUT2D eigenvalue weighted by molar-refractivity contribution is 6.05.